The molecular formula is C39H38N2O9S. The zero-order valence-electron chi connectivity index (χ0n) is 26.9. The molecule has 7 rings (SSSR count). The third-order valence-corrected chi connectivity index (χ3v) is 10.3. The standard InChI is InChI=1S/C38H34N2O9S.CH4/c1-2-18-46-35(43)29(39-36(44)47-20-28-26-14-8-6-12-24(26)25-13-7-9-15-27(25)28)21-50-37(45)48-22-38-17-16-30(49-38)31-32(38)34(42)40(33(31)41)19-23-10-4-3-5-11-23;/h2-17,28-32H,1,18-22H2,(H,39,44);1H4. The second-order valence-corrected chi connectivity index (χ2v) is 13.4. The van der Waals surface area contributed by atoms with Gasteiger partial charge in [0.2, 0.25) is 11.8 Å². The summed E-state index contributed by atoms with van der Waals surface area (Å²) in [5.74, 6) is -3.42. The van der Waals surface area contributed by atoms with Crippen LogP contribution in [-0.4, -0.2) is 77.4 Å². The fourth-order valence-electron chi connectivity index (χ4n) is 7.21. The number of alkyl carbamates (subject to hydrolysis) is 1. The number of carbonyl (C=O) groups is 5. The van der Waals surface area contributed by atoms with E-state index in [1.807, 2.05) is 78.9 Å². The molecule has 4 aliphatic rings. The van der Waals surface area contributed by atoms with E-state index in [1.165, 1.54) is 11.0 Å². The van der Waals surface area contributed by atoms with Crippen LogP contribution in [0.25, 0.3) is 11.1 Å². The minimum atomic E-state index is -1.29. The molecule has 51 heavy (non-hydrogen) atoms. The number of esters is 1. The van der Waals surface area contributed by atoms with Crippen LogP contribution in [0.1, 0.15) is 30.0 Å². The van der Waals surface area contributed by atoms with Gasteiger partial charge in [-0.05, 0) is 45.7 Å². The first-order valence-electron chi connectivity index (χ1n) is 16.2. The van der Waals surface area contributed by atoms with E-state index in [2.05, 4.69) is 11.9 Å². The lowest BCUT2D eigenvalue weighted by molar-refractivity contribution is -0.146. The van der Waals surface area contributed by atoms with E-state index in [1.54, 1.807) is 12.2 Å². The van der Waals surface area contributed by atoms with Crippen molar-refractivity contribution in [1.29, 1.82) is 0 Å². The second kappa shape index (κ2) is 15.0. The summed E-state index contributed by atoms with van der Waals surface area (Å²) >= 11 is 0.648. The van der Waals surface area contributed by atoms with E-state index in [9.17, 15) is 24.0 Å². The van der Waals surface area contributed by atoms with Crippen LogP contribution < -0.4 is 5.32 Å². The molecule has 3 heterocycles. The highest BCUT2D eigenvalue weighted by molar-refractivity contribution is 8.13. The zero-order chi connectivity index (χ0) is 34.8. The number of hydrogen-bond acceptors (Lipinski definition) is 10. The van der Waals surface area contributed by atoms with E-state index < -0.39 is 46.9 Å². The number of rotatable bonds is 12. The van der Waals surface area contributed by atoms with Gasteiger partial charge in [-0.3, -0.25) is 14.5 Å². The SMILES string of the molecule is C.C=CCOC(=O)C(CSC(=O)OCC12C=CC(O1)C1C(=O)N(Cc3ccccc3)C(=O)C12)NC(=O)OCC1c2ccccc2-c2ccccc21. The summed E-state index contributed by atoms with van der Waals surface area (Å²) in [5.41, 5.74) is 3.76. The van der Waals surface area contributed by atoms with Gasteiger partial charge in [-0.25, -0.2) is 14.4 Å². The molecule has 2 bridgehead atoms. The monoisotopic (exact) mass is 710 g/mol. The van der Waals surface area contributed by atoms with Gasteiger partial charge in [0.25, 0.3) is 0 Å². The van der Waals surface area contributed by atoms with Crippen LogP contribution in [0.2, 0.25) is 0 Å². The molecule has 1 aliphatic carbocycles. The largest absolute Gasteiger partial charge is 0.460 e. The first kappa shape index (κ1) is 35.6. The number of nitrogens with one attached hydrogen (secondary N) is 1. The fraction of sp³-hybridized carbons (Fsp3) is 0.308. The predicted molar refractivity (Wildman–Crippen MR) is 189 cm³/mol. The van der Waals surface area contributed by atoms with Crippen LogP contribution in [0.3, 0.4) is 0 Å². The molecule has 3 aliphatic heterocycles. The number of benzene rings is 3. The van der Waals surface area contributed by atoms with Crippen LogP contribution in [0, 0.1) is 11.8 Å². The number of carbonyl (C=O) groups excluding carboxylic acids is 5. The van der Waals surface area contributed by atoms with Gasteiger partial charge in [0.05, 0.1) is 24.5 Å². The maximum Gasteiger partial charge on any atom is 0.407 e. The molecule has 264 valence electrons. The molecule has 12 heteroatoms. The molecule has 0 radical (unpaired) electrons. The van der Waals surface area contributed by atoms with Crippen molar-refractivity contribution in [1.82, 2.24) is 10.2 Å². The highest BCUT2D eigenvalue weighted by Gasteiger charge is 2.68. The van der Waals surface area contributed by atoms with Gasteiger partial charge >= 0.3 is 17.4 Å². The van der Waals surface area contributed by atoms with Crippen LogP contribution in [-0.2, 0) is 39.9 Å². The minimum Gasteiger partial charge on any atom is -0.460 e. The smallest absolute Gasteiger partial charge is 0.407 e. The second-order valence-electron chi connectivity index (χ2n) is 12.4. The predicted octanol–water partition coefficient (Wildman–Crippen LogP) is 5.64. The Morgan fingerprint density at radius 2 is 1.59 bits per heavy atom. The minimum absolute atomic E-state index is 0. The topological polar surface area (TPSA) is 138 Å². The van der Waals surface area contributed by atoms with Gasteiger partial charge in [0.15, 0.2) is 0 Å². The van der Waals surface area contributed by atoms with Crippen molar-refractivity contribution in [2.75, 3.05) is 25.6 Å². The molecule has 1 N–H and O–H groups in total. The number of imide groups is 1. The molecule has 2 saturated heterocycles. The molecule has 11 nitrogen and oxygen atoms in total. The first-order chi connectivity index (χ1) is 24.3. The summed E-state index contributed by atoms with van der Waals surface area (Å²) in [6, 6.07) is 23.8. The molecule has 0 saturated carbocycles. The lowest BCUT2D eigenvalue weighted by Gasteiger charge is -2.28. The fourth-order valence-corrected chi connectivity index (χ4v) is 7.87. The molecule has 3 amide bonds. The lowest BCUT2D eigenvalue weighted by Crippen LogP contribution is -2.45. The Morgan fingerprint density at radius 1 is 0.922 bits per heavy atom. The Morgan fingerprint density at radius 3 is 2.27 bits per heavy atom. The van der Waals surface area contributed by atoms with Crippen molar-refractivity contribution in [3.8, 4) is 11.1 Å². The number of amides is 3. The summed E-state index contributed by atoms with van der Waals surface area (Å²) in [4.78, 5) is 66.8. The molecular weight excluding hydrogens is 673 g/mol. The molecule has 3 aromatic carbocycles. The van der Waals surface area contributed by atoms with E-state index in [4.69, 9.17) is 18.9 Å². The van der Waals surface area contributed by atoms with Gasteiger partial charge in [0.1, 0.15) is 31.5 Å². The number of nitrogens with zero attached hydrogens (tertiary/aromatic N) is 1. The third kappa shape index (κ3) is 6.81. The van der Waals surface area contributed by atoms with Crippen molar-refractivity contribution in [3.05, 3.63) is 120 Å². The number of thioether (sulfide) groups is 1. The molecule has 0 aromatic heterocycles. The average molecular weight is 711 g/mol. The summed E-state index contributed by atoms with van der Waals surface area (Å²) in [7, 11) is 0. The van der Waals surface area contributed by atoms with Crippen molar-refractivity contribution in [3.63, 3.8) is 0 Å². The van der Waals surface area contributed by atoms with Crippen LogP contribution in [0.4, 0.5) is 9.59 Å². The van der Waals surface area contributed by atoms with Crippen LogP contribution in [0.15, 0.2) is 104 Å². The average Bonchev–Trinajstić information content (AvgIpc) is 3.87. The Bertz CT molecular complexity index is 1840. The summed E-state index contributed by atoms with van der Waals surface area (Å²) < 4.78 is 22.4. The van der Waals surface area contributed by atoms with Crippen molar-refractivity contribution >= 4 is 40.9 Å². The van der Waals surface area contributed by atoms with E-state index in [0.717, 1.165) is 27.8 Å². The van der Waals surface area contributed by atoms with Crippen molar-refractivity contribution in [2.24, 2.45) is 11.8 Å². The highest BCUT2D eigenvalue weighted by Crippen LogP contribution is 2.52. The Balaban J connectivity index is 0.00000448. The zero-order valence-corrected chi connectivity index (χ0v) is 27.7. The van der Waals surface area contributed by atoms with Crippen molar-refractivity contribution < 1.29 is 42.9 Å². The van der Waals surface area contributed by atoms with Crippen LogP contribution >= 0.6 is 11.8 Å². The summed E-state index contributed by atoms with van der Waals surface area (Å²) in [6.45, 7) is 3.31. The third-order valence-electron chi connectivity index (χ3n) is 9.48. The van der Waals surface area contributed by atoms with Gasteiger partial charge in [0, 0.05) is 11.7 Å². The molecule has 0 spiro atoms. The van der Waals surface area contributed by atoms with Gasteiger partial charge < -0.3 is 24.3 Å². The summed E-state index contributed by atoms with van der Waals surface area (Å²) in [5, 5.41) is 1.75. The number of ether oxygens (including phenoxy) is 4. The maximum absolute atomic E-state index is 13.5. The Kier molecular flexibility index (Phi) is 10.4. The molecule has 3 aromatic rings. The maximum atomic E-state index is 13.5. The molecule has 5 atom stereocenters. The first-order valence-corrected chi connectivity index (χ1v) is 17.2. The number of fused-ring (bicyclic) bond motifs is 8. The molecule has 5 unspecified atom stereocenters. The van der Waals surface area contributed by atoms with E-state index in [-0.39, 0.29) is 57.3 Å². The number of likely N-dealkylation sites (tertiary alicyclic amines) is 1. The Labute approximate surface area is 300 Å². The number of hydrogen-bond donors (Lipinski definition) is 1. The van der Waals surface area contributed by atoms with E-state index in [0.29, 0.717) is 11.8 Å². The van der Waals surface area contributed by atoms with Gasteiger partial charge in [-0.1, -0.05) is 105 Å². The van der Waals surface area contributed by atoms with E-state index >= 15 is 0 Å². The van der Waals surface area contributed by atoms with Crippen LogP contribution in [0.5, 0.6) is 0 Å². The summed E-state index contributed by atoms with van der Waals surface area (Å²) in [6.07, 6.45) is 3.34. The van der Waals surface area contributed by atoms with Gasteiger partial charge in [-0.2, -0.15) is 0 Å². The normalized spacial score (nSPS) is 22.7. The quantitative estimate of drug-likeness (QED) is 0.109. The Hall–Kier alpha value is -5.20. The van der Waals surface area contributed by atoms with Gasteiger partial charge in [-0.15, -0.1) is 0 Å². The lowest BCUT2D eigenvalue weighted by atomic mass is 9.77. The molecule has 2 fully saturated rings. The van der Waals surface area contributed by atoms with Crippen molar-refractivity contribution in [2.45, 2.75) is 37.6 Å². The highest BCUT2D eigenvalue weighted by atomic mass is 32.2.